The van der Waals surface area contributed by atoms with Gasteiger partial charge < -0.3 is 20.8 Å². The van der Waals surface area contributed by atoms with Crippen molar-refractivity contribution in [3.8, 4) is 0 Å². The third-order valence-electron chi connectivity index (χ3n) is 7.01. The Kier molecular flexibility index (Phi) is 19.1. The number of carbonyl (C=O) groups is 2. The summed E-state index contributed by atoms with van der Waals surface area (Å²) in [6.45, 7) is 6.46. The molecule has 0 saturated carbocycles. The first-order valence-corrected chi connectivity index (χ1v) is 14.6. The van der Waals surface area contributed by atoms with Crippen molar-refractivity contribution in [1.82, 2.24) is 15.5 Å². The van der Waals surface area contributed by atoms with E-state index < -0.39 is 6.04 Å². The highest BCUT2D eigenvalue weighted by molar-refractivity contribution is 5.94. The van der Waals surface area contributed by atoms with Gasteiger partial charge in [-0.2, -0.15) is 0 Å². The predicted molar refractivity (Wildman–Crippen MR) is 143 cm³/mol. The smallest absolute Gasteiger partial charge is 0.243 e. The Morgan fingerprint density at radius 3 is 1.83 bits per heavy atom. The molecule has 3 atom stereocenters. The summed E-state index contributed by atoms with van der Waals surface area (Å²) in [4.78, 5) is 25.7. The van der Waals surface area contributed by atoms with Crippen molar-refractivity contribution in [2.75, 3.05) is 26.2 Å². The summed E-state index contributed by atoms with van der Waals surface area (Å²) in [5.74, 6) is -0.239. The molecular formula is C28H55N3O4. The van der Waals surface area contributed by atoms with Gasteiger partial charge in [0.05, 0.1) is 18.8 Å². The number of aliphatic hydroxyl groups is 2. The lowest BCUT2D eigenvalue weighted by Crippen LogP contribution is -2.56. The largest absolute Gasteiger partial charge is 0.392 e. The quantitative estimate of drug-likeness (QED) is 0.158. The molecule has 7 heteroatoms. The zero-order valence-corrected chi connectivity index (χ0v) is 22.7. The summed E-state index contributed by atoms with van der Waals surface area (Å²) in [5.41, 5.74) is 0. The van der Waals surface area contributed by atoms with Crippen LogP contribution in [0.5, 0.6) is 0 Å². The zero-order valence-electron chi connectivity index (χ0n) is 22.7. The molecule has 206 valence electrons. The molecule has 0 radical (unpaired) electrons. The highest BCUT2D eigenvalue weighted by Gasteiger charge is 2.25. The zero-order chi connectivity index (χ0) is 25.7. The Morgan fingerprint density at radius 2 is 1.29 bits per heavy atom. The Hall–Kier alpha value is -1.18. The van der Waals surface area contributed by atoms with Crippen LogP contribution in [0.3, 0.4) is 0 Å². The van der Waals surface area contributed by atoms with Crippen LogP contribution < -0.4 is 10.6 Å². The maximum atomic E-state index is 11.9. The van der Waals surface area contributed by atoms with E-state index in [1.165, 1.54) is 64.2 Å². The first-order chi connectivity index (χ1) is 17.0. The second kappa shape index (κ2) is 21.0. The van der Waals surface area contributed by atoms with Gasteiger partial charge in [-0.25, -0.2) is 0 Å². The number of carbonyl (C=O) groups excluding carboxylic acids is 2. The van der Waals surface area contributed by atoms with Crippen LogP contribution in [-0.2, 0) is 9.59 Å². The van der Waals surface area contributed by atoms with E-state index in [4.69, 9.17) is 0 Å². The van der Waals surface area contributed by atoms with Crippen LogP contribution in [0.4, 0.5) is 0 Å². The highest BCUT2D eigenvalue weighted by Crippen LogP contribution is 2.13. The lowest BCUT2D eigenvalue weighted by Gasteiger charge is -2.28. The van der Waals surface area contributed by atoms with Crippen LogP contribution in [0.25, 0.3) is 0 Å². The third kappa shape index (κ3) is 17.0. The number of piperazine rings is 1. The average Bonchev–Trinajstić information content (AvgIpc) is 2.83. The number of nitrogens with one attached hydrogen (secondary N) is 2. The minimum Gasteiger partial charge on any atom is -0.392 e. The predicted octanol–water partition coefficient (Wildman–Crippen LogP) is 4.30. The number of hydrogen-bond donors (Lipinski definition) is 4. The summed E-state index contributed by atoms with van der Waals surface area (Å²) in [6.07, 6.45) is 17.8. The van der Waals surface area contributed by atoms with Gasteiger partial charge in [0.1, 0.15) is 6.04 Å². The monoisotopic (exact) mass is 497 g/mol. The van der Waals surface area contributed by atoms with E-state index in [1.807, 2.05) is 0 Å². The van der Waals surface area contributed by atoms with Gasteiger partial charge in [-0.15, -0.1) is 0 Å². The van der Waals surface area contributed by atoms with E-state index in [1.54, 1.807) is 0 Å². The minimum atomic E-state index is -0.443. The maximum absolute atomic E-state index is 11.9. The molecule has 7 nitrogen and oxygen atoms in total. The summed E-state index contributed by atoms with van der Waals surface area (Å²) < 4.78 is 0. The molecule has 2 amide bonds. The maximum Gasteiger partial charge on any atom is 0.243 e. The molecule has 0 aliphatic carbocycles. The molecule has 0 spiro atoms. The van der Waals surface area contributed by atoms with Crippen molar-refractivity contribution in [1.29, 1.82) is 0 Å². The van der Waals surface area contributed by atoms with Gasteiger partial charge >= 0.3 is 0 Å². The van der Waals surface area contributed by atoms with Gasteiger partial charge in [0.25, 0.3) is 0 Å². The Morgan fingerprint density at radius 1 is 0.771 bits per heavy atom. The van der Waals surface area contributed by atoms with Gasteiger partial charge in [-0.1, -0.05) is 90.9 Å². The van der Waals surface area contributed by atoms with Crippen LogP contribution in [0.15, 0.2) is 0 Å². The number of hydrogen-bond acceptors (Lipinski definition) is 5. The van der Waals surface area contributed by atoms with Crippen LogP contribution >= 0.6 is 0 Å². The van der Waals surface area contributed by atoms with Crippen LogP contribution in [-0.4, -0.2) is 71.4 Å². The van der Waals surface area contributed by atoms with E-state index >= 15 is 0 Å². The van der Waals surface area contributed by atoms with Crippen molar-refractivity contribution in [2.24, 2.45) is 0 Å². The van der Waals surface area contributed by atoms with Gasteiger partial charge in [-0.3, -0.25) is 14.5 Å². The summed E-state index contributed by atoms with van der Waals surface area (Å²) in [5, 5.41) is 26.6. The van der Waals surface area contributed by atoms with Gasteiger partial charge in [-0.05, 0) is 38.6 Å². The lowest BCUT2D eigenvalue weighted by molar-refractivity contribution is -0.133. The van der Waals surface area contributed by atoms with Gasteiger partial charge in [0.2, 0.25) is 11.8 Å². The van der Waals surface area contributed by atoms with Gasteiger partial charge in [0.15, 0.2) is 0 Å². The molecule has 1 rings (SSSR count). The topological polar surface area (TPSA) is 102 Å². The van der Waals surface area contributed by atoms with Gasteiger partial charge in [0, 0.05) is 13.1 Å². The molecule has 35 heavy (non-hydrogen) atoms. The number of unbranched alkanes of at least 4 members (excludes halogenated alkanes) is 11. The summed E-state index contributed by atoms with van der Waals surface area (Å²) >= 11 is 0. The fourth-order valence-electron chi connectivity index (χ4n) is 4.84. The molecule has 1 saturated heterocycles. The molecule has 1 aliphatic rings. The standard InChI is InChI=1S/C28H55N3O4/c1-3-5-7-9-11-13-17-24(32)22-31(23-25(33)18-14-12-10-8-6-4-2)20-16-15-19-26-28(35)29-21-27(34)30-26/h24-26,32-33H,3-23H2,1-2H3,(H,29,35)(H,30,34). The van der Waals surface area contributed by atoms with Crippen molar-refractivity contribution < 1.29 is 19.8 Å². The summed E-state index contributed by atoms with van der Waals surface area (Å²) in [6, 6.07) is -0.443. The van der Waals surface area contributed by atoms with E-state index in [0.29, 0.717) is 19.5 Å². The molecule has 4 N–H and O–H groups in total. The van der Waals surface area contributed by atoms with Crippen molar-refractivity contribution in [2.45, 2.75) is 141 Å². The first kappa shape index (κ1) is 31.8. The second-order valence-corrected chi connectivity index (χ2v) is 10.5. The third-order valence-corrected chi connectivity index (χ3v) is 7.01. The average molecular weight is 498 g/mol. The molecule has 0 aromatic rings. The number of amides is 2. The first-order valence-electron chi connectivity index (χ1n) is 14.6. The molecule has 1 heterocycles. The van der Waals surface area contributed by atoms with Crippen molar-refractivity contribution >= 4 is 11.8 Å². The number of nitrogens with zero attached hydrogens (tertiary/aromatic N) is 1. The molecule has 0 aromatic carbocycles. The molecule has 0 aromatic heterocycles. The van der Waals surface area contributed by atoms with Crippen LogP contribution in [0, 0.1) is 0 Å². The molecule has 3 unspecified atom stereocenters. The van der Waals surface area contributed by atoms with Crippen LogP contribution in [0.1, 0.15) is 123 Å². The van der Waals surface area contributed by atoms with E-state index in [0.717, 1.165) is 45.1 Å². The van der Waals surface area contributed by atoms with Crippen LogP contribution in [0.2, 0.25) is 0 Å². The van der Waals surface area contributed by atoms with E-state index in [2.05, 4.69) is 29.4 Å². The minimum absolute atomic E-state index is 0.0656. The molecule has 1 fully saturated rings. The Bertz CT molecular complexity index is 522. The number of aliphatic hydroxyl groups excluding tert-OH is 2. The Labute approximate surface area is 214 Å². The van der Waals surface area contributed by atoms with Crippen molar-refractivity contribution in [3.05, 3.63) is 0 Å². The molecular weight excluding hydrogens is 442 g/mol. The SMILES string of the molecule is CCCCCCCCC(O)CN(CCCCC1NC(=O)CNC1=O)CC(O)CCCCCCCC. The lowest BCUT2D eigenvalue weighted by atomic mass is 10.0. The Balaban J connectivity index is 2.38. The molecule has 0 bridgehead atoms. The van der Waals surface area contributed by atoms with Crippen molar-refractivity contribution in [3.63, 3.8) is 0 Å². The second-order valence-electron chi connectivity index (χ2n) is 10.5. The fourth-order valence-corrected chi connectivity index (χ4v) is 4.84. The van der Waals surface area contributed by atoms with E-state index in [9.17, 15) is 19.8 Å². The van der Waals surface area contributed by atoms with E-state index in [-0.39, 0.29) is 30.6 Å². The summed E-state index contributed by atoms with van der Waals surface area (Å²) in [7, 11) is 0. The fraction of sp³-hybridized carbons (Fsp3) is 0.929. The number of rotatable bonds is 23. The normalized spacial score (nSPS) is 17.9. The highest BCUT2D eigenvalue weighted by atomic mass is 16.3. The molecule has 1 aliphatic heterocycles.